The van der Waals surface area contributed by atoms with Crippen LogP contribution in [0.2, 0.25) is 0 Å². The fraction of sp³-hybridized carbons (Fsp3) is 0.133. The molecular formula is C15H16N2O3S. The van der Waals surface area contributed by atoms with Gasteiger partial charge in [0.15, 0.2) is 0 Å². The molecule has 2 aromatic carbocycles. The molecule has 0 aliphatic rings. The second-order valence-electron chi connectivity index (χ2n) is 4.51. The van der Waals surface area contributed by atoms with Gasteiger partial charge < -0.3 is 4.84 Å². The molecule has 0 unspecified atom stereocenters. The molecule has 6 heteroatoms. The SMILES string of the molecule is C/C(=N\OCc1ccccc1)c1ccc(S(N)(=O)=O)cc1. The summed E-state index contributed by atoms with van der Waals surface area (Å²) in [5.41, 5.74) is 2.46. The third-order valence-corrected chi connectivity index (χ3v) is 3.81. The minimum absolute atomic E-state index is 0.0734. The third-order valence-electron chi connectivity index (χ3n) is 2.88. The van der Waals surface area contributed by atoms with Crippen molar-refractivity contribution in [3.8, 4) is 0 Å². The molecule has 0 aromatic heterocycles. The highest BCUT2D eigenvalue weighted by Crippen LogP contribution is 2.10. The van der Waals surface area contributed by atoms with Crippen molar-refractivity contribution in [3.63, 3.8) is 0 Å². The van der Waals surface area contributed by atoms with Crippen LogP contribution in [0.15, 0.2) is 64.6 Å². The molecule has 0 saturated heterocycles. The van der Waals surface area contributed by atoms with Gasteiger partial charge in [-0.1, -0.05) is 47.6 Å². The fourth-order valence-corrected chi connectivity index (χ4v) is 2.23. The molecule has 110 valence electrons. The maximum Gasteiger partial charge on any atom is 0.238 e. The van der Waals surface area contributed by atoms with Gasteiger partial charge in [-0.25, -0.2) is 13.6 Å². The van der Waals surface area contributed by atoms with Gasteiger partial charge in [-0.3, -0.25) is 0 Å². The molecule has 2 N–H and O–H groups in total. The zero-order chi connectivity index (χ0) is 15.3. The Morgan fingerprint density at radius 1 is 1.10 bits per heavy atom. The quantitative estimate of drug-likeness (QED) is 0.679. The molecule has 0 heterocycles. The second-order valence-corrected chi connectivity index (χ2v) is 6.07. The van der Waals surface area contributed by atoms with E-state index in [9.17, 15) is 8.42 Å². The molecule has 0 fully saturated rings. The van der Waals surface area contributed by atoms with Crippen molar-refractivity contribution in [1.29, 1.82) is 0 Å². The number of hydrogen-bond donors (Lipinski definition) is 1. The molecular weight excluding hydrogens is 288 g/mol. The Balaban J connectivity index is 2.02. The summed E-state index contributed by atoms with van der Waals surface area (Å²) in [7, 11) is -3.67. The van der Waals surface area contributed by atoms with E-state index in [0.29, 0.717) is 12.3 Å². The molecule has 5 nitrogen and oxygen atoms in total. The first-order valence-corrected chi connectivity index (χ1v) is 7.85. The summed E-state index contributed by atoms with van der Waals surface area (Å²) in [6.45, 7) is 2.17. The number of nitrogens with zero attached hydrogens (tertiary/aromatic N) is 1. The minimum Gasteiger partial charge on any atom is -0.391 e. The van der Waals surface area contributed by atoms with Gasteiger partial charge in [-0.15, -0.1) is 0 Å². The summed E-state index contributed by atoms with van der Waals surface area (Å²) in [5.74, 6) is 0. The van der Waals surface area contributed by atoms with Crippen LogP contribution in [0, 0.1) is 0 Å². The molecule has 0 aliphatic carbocycles. The minimum atomic E-state index is -3.67. The molecule has 21 heavy (non-hydrogen) atoms. The highest BCUT2D eigenvalue weighted by atomic mass is 32.2. The smallest absolute Gasteiger partial charge is 0.238 e. The van der Waals surface area contributed by atoms with Gasteiger partial charge in [0.05, 0.1) is 10.6 Å². The molecule has 0 spiro atoms. The molecule has 0 bridgehead atoms. The molecule has 2 aromatic rings. The van der Waals surface area contributed by atoms with Gasteiger partial charge >= 0.3 is 0 Å². The van der Waals surface area contributed by atoms with Gasteiger partial charge in [0.1, 0.15) is 6.61 Å². The normalized spacial score (nSPS) is 12.2. The molecule has 0 radical (unpaired) electrons. The van der Waals surface area contributed by atoms with Gasteiger partial charge in [-0.05, 0) is 30.2 Å². The standard InChI is InChI=1S/C15H16N2O3S/c1-12(17-20-11-13-5-3-2-4-6-13)14-7-9-15(10-8-14)21(16,18)19/h2-10H,11H2,1H3,(H2,16,18,19)/b17-12+. The van der Waals surface area contributed by atoms with Crippen LogP contribution >= 0.6 is 0 Å². The Kier molecular flexibility index (Phi) is 4.72. The van der Waals surface area contributed by atoms with E-state index in [4.69, 9.17) is 9.98 Å². The van der Waals surface area contributed by atoms with E-state index in [2.05, 4.69) is 5.16 Å². The fourth-order valence-electron chi connectivity index (χ4n) is 1.72. The average Bonchev–Trinajstić information content (AvgIpc) is 2.47. The van der Waals surface area contributed by atoms with E-state index in [1.54, 1.807) is 19.1 Å². The summed E-state index contributed by atoms with van der Waals surface area (Å²) in [6, 6.07) is 15.9. The maximum atomic E-state index is 11.2. The maximum absolute atomic E-state index is 11.2. The van der Waals surface area contributed by atoms with Crippen molar-refractivity contribution in [2.24, 2.45) is 10.3 Å². The Morgan fingerprint density at radius 2 is 1.71 bits per heavy atom. The zero-order valence-corrected chi connectivity index (χ0v) is 12.4. The number of nitrogens with two attached hydrogens (primary N) is 1. The lowest BCUT2D eigenvalue weighted by molar-refractivity contribution is 0.130. The van der Waals surface area contributed by atoms with Gasteiger partial charge in [-0.2, -0.15) is 0 Å². The largest absolute Gasteiger partial charge is 0.391 e. The van der Waals surface area contributed by atoms with Crippen molar-refractivity contribution in [1.82, 2.24) is 0 Å². The van der Waals surface area contributed by atoms with Crippen LogP contribution in [-0.2, 0) is 21.5 Å². The van der Waals surface area contributed by atoms with Crippen LogP contribution in [0.3, 0.4) is 0 Å². The predicted octanol–water partition coefficient (Wildman–Crippen LogP) is 2.27. The lowest BCUT2D eigenvalue weighted by Crippen LogP contribution is -2.12. The van der Waals surface area contributed by atoms with Crippen LogP contribution in [0.4, 0.5) is 0 Å². The van der Waals surface area contributed by atoms with Crippen LogP contribution in [0.25, 0.3) is 0 Å². The second kappa shape index (κ2) is 6.51. The highest BCUT2D eigenvalue weighted by Gasteiger charge is 2.07. The van der Waals surface area contributed by atoms with Crippen molar-refractivity contribution in [3.05, 3.63) is 65.7 Å². The van der Waals surface area contributed by atoms with Crippen LogP contribution in [0.5, 0.6) is 0 Å². The number of sulfonamides is 1. The molecule has 0 saturated carbocycles. The Labute approximate surface area is 124 Å². The Bertz CT molecular complexity index is 723. The summed E-state index contributed by atoms with van der Waals surface area (Å²) in [4.78, 5) is 5.35. The topological polar surface area (TPSA) is 81.8 Å². The van der Waals surface area contributed by atoms with Crippen LogP contribution in [0.1, 0.15) is 18.1 Å². The van der Waals surface area contributed by atoms with Crippen molar-refractivity contribution in [2.45, 2.75) is 18.4 Å². The van der Waals surface area contributed by atoms with Crippen LogP contribution in [-0.4, -0.2) is 14.1 Å². The first-order valence-electron chi connectivity index (χ1n) is 6.30. The number of rotatable bonds is 5. The van der Waals surface area contributed by atoms with Crippen molar-refractivity contribution >= 4 is 15.7 Å². The van der Waals surface area contributed by atoms with E-state index < -0.39 is 10.0 Å². The third kappa shape index (κ3) is 4.40. The first-order chi connectivity index (χ1) is 9.97. The number of oxime groups is 1. The summed E-state index contributed by atoms with van der Waals surface area (Å²) < 4.78 is 22.3. The van der Waals surface area contributed by atoms with Gasteiger partial charge in [0.25, 0.3) is 0 Å². The van der Waals surface area contributed by atoms with Gasteiger partial charge in [0.2, 0.25) is 10.0 Å². The van der Waals surface area contributed by atoms with E-state index >= 15 is 0 Å². The number of hydrogen-bond acceptors (Lipinski definition) is 4. The Morgan fingerprint density at radius 3 is 2.29 bits per heavy atom. The average molecular weight is 304 g/mol. The molecule has 2 rings (SSSR count). The molecule has 0 aliphatic heterocycles. The Hall–Kier alpha value is -2.18. The first kappa shape index (κ1) is 15.2. The van der Waals surface area contributed by atoms with Crippen LogP contribution < -0.4 is 5.14 Å². The van der Waals surface area contributed by atoms with Crippen molar-refractivity contribution < 1.29 is 13.3 Å². The predicted molar refractivity (Wildman–Crippen MR) is 81.3 cm³/mol. The molecule has 0 amide bonds. The van der Waals surface area contributed by atoms with E-state index in [-0.39, 0.29) is 4.90 Å². The van der Waals surface area contributed by atoms with E-state index in [1.807, 2.05) is 30.3 Å². The zero-order valence-electron chi connectivity index (χ0n) is 11.6. The van der Waals surface area contributed by atoms with Gasteiger partial charge in [0, 0.05) is 0 Å². The summed E-state index contributed by atoms with van der Waals surface area (Å²) in [5, 5.41) is 9.06. The lowest BCUT2D eigenvalue weighted by Gasteiger charge is -2.04. The molecule has 0 atom stereocenters. The monoisotopic (exact) mass is 304 g/mol. The number of benzene rings is 2. The number of primary sulfonamides is 1. The van der Waals surface area contributed by atoms with E-state index in [1.165, 1.54) is 12.1 Å². The lowest BCUT2D eigenvalue weighted by atomic mass is 10.1. The highest BCUT2D eigenvalue weighted by molar-refractivity contribution is 7.89. The summed E-state index contributed by atoms with van der Waals surface area (Å²) >= 11 is 0. The van der Waals surface area contributed by atoms with Crippen molar-refractivity contribution in [2.75, 3.05) is 0 Å². The van der Waals surface area contributed by atoms with E-state index in [0.717, 1.165) is 11.1 Å². The summed E-state index contributed by atoms with van der Waals surface area (Å²) in [6.07, 6.45) is 0.